The molecule has 28 heavy (non-hydrogen) atoms. The molecule has 0 spiro atoms. The van der Waals surface area contributed by atoms with Crippen LogP contribution in [-0.2, 0) is 11.2 Å². The Morgan fingerprint density at radius 1 is 1.29 bits per heavy atom. The number of fused-ring (bicyclic) bond motifs is 1. The Morgan fingerprint density at radius 3 is 2.93 bits per heavy atom. The average Bonchev–Trinajstić information content (AvgIpc) is 3.15. The number of rotatable bonds is 4. The Kier molecular flexibility index (Phi) is 4.71. The first-order chi connectivity index (χ1) is 13.6. The molecule has 0 saturated heterocycles. The number of aromatic nitrogens is 4. The van der Waals surface area contributed by atoms with Crippen molar-refractivity contribution in [2.75, 3.05) is 18.6 Å². The highest BCUT2D eigenvalue weighted by molar-refractivity contribution is 6.02. The van der Waals surface area contributed by atoms with E-state index in [2.05, 4.69) is 25.5 Å². The molecule has 0 saturated carbocycles. The molecule has 0 aliphatic carbocycles. The molecule has 1 aromatic carbocycles. The zero-order chi connectivity index (χ0) is 19.5. The summed E-state index contributed by atoms with van der Waals surface area (Å²) < 4.78 is 5.59. The first kappa shape index (κ1) is 17.7. The summed E-state index contributed by atoms with van der Waals surface area (Å²) in [5.41, 5.74) is 1.59. The summed E-state index contributed by atoms with van der Waals surface area (Å²) in [5.74, 6) is 0.0258. The van der Waals surface area contributed by atoms with Crippen molar-refractivity contribution in [3.8, 4) is 5.88 Å². The van der Waals surface area contributed by atoms with Gasteiger partial charge in [-0.05, 0) is 17.7 Å². The number of H-pyrrole nitrogens is 1. The highest BCUT2D eigenvalue weighted by Gasteiger charge is 2.32. The van der Waals surface area contributed by atoms with Gasteiger partial charge in [-0.25, -0.2) is 9.97 Å². The molecule has 142 valence electrons. The predicted octanol–water partition coefficient (Wildman–Crippen LogP) is 0.944. The summed E-state index contributed by atoms with van der Waals surface area (Å²) >= 11 is 0. The summed E-state index contributed by atoms with van der Waals surface area (Å²) in [6.45, 7) is -0.0276. The van der Waals surface area contributed by atoms with Crippen LogP contribution in [0.1, 0.15) is 22.0 Å². The lowest BCUT2D eigenvalue weighted by atomic mass is 10.1. The van der Waals surface area contributed by atoms with Crippen LogP contribution >= 0.6 is 0 Å². The zero-order valence-electron chi connectivity index (χ0n) is 15.1. The van der Waals surface area contributed by atoms with E-state index in [0.717, 1.165) is 5.56 Å². The molecule has 1 aliphatic heterocycles. The van der Waals surface area contributed by atoms with E-state index < -0.39 is 11.9 Å². The first-order valence-electron chi connectivity index (χ1n) is 8.73. The number of ether oxygens (including phenoxy) is 1. The van der Waals surface area contributed by atoms with Crippen LogP contribution in [0, 0.1) is 0 Å². The Balaban J connectivity index is 1.45. The number of carbonyl (C=O) groups excluding carboxylic acids is 2. The Labute approximate surface area is 160 Å². The minimum absolute atomic E-state index is 0.0266. The van der Waals surface area contributed by atoms with Gasteiger partial charge in [0, 0.05) is 19.7 Å². The molecular weight excluding hydrogens is 360 g/mol. The minimum atomic E-state index is -0.872. The zero-order valence-corrected chi connectivity index (χ0v) is 15.1. The number of hydrogen-bond acceptors (Lipinski definition) is 6. The van der Waals surface area contributed by atoms with Crippen molar-refractivity contribution in [2.45, 2.75) is 12.5 Å². The quantitative estimate of drug-likeness (QED) is 0.699. The largest absolute Gasteiger partial charge is 0.473 e. The van der Waals surface area contributed by atoms with E-state index >= 15 is 0 Å². The number of aromatic amines is 1. The van der Waals surface area contributed by atoms with Crippen LogP contribution in [0.4, 0.5) is 5.69 Å². The van der Waals surface area contributed by atoms with E-state index in [1.165, 1.54) is 4.90 Å². The number of anilines is 1. The van der Waals surface area contributed by atoms with Crippen molar-refractivity contribution in [1.82, 2.24) is 25.5 Å². The Hall–Kier alpha value is -3.75. The van der Waals surface area contributed by atoms with Crippen molar-refractivity contribution in [3.05, 3.63) is 65.9 Å². The van der Waals surface area contributed by atoms with Crippen LogP contribution in [-0.4, -0.2) is 51.7 Å². The van der Waals surface area contributed by atoms with E-state index in [4.69, 9.17) is 4.74 Å². The van der Waals surface area contributed by atoms with Crippen LogP contribution in [0.15, 0.2) is 48.7 Å². The molecular formula is C19H18N6O3. The number of pyridine rings is 1. The molecule has 9 heteroatoms. The van der Waals surface area contributed by atoms with Crippen LogP contribution in [0.5, 0.6) is 5.88 Å². The second-order valence-electron chi connectivity index (χ2n) is 6.33. The van der Waals surface area contributed by atoms with Crippen molar-refractivity contribution >= 4 is 17.5 Å². The van der Waals surface area contributed by atoms with Crippen LogP contribution < -0.4 is 15.0 Å². The van der Waals surface area contributed by atoms with Gasteiger partial charge < -0.3 is 15.0 Å². The Morgan fingerprint density at radius 2 is 2.11 bits per heavy atom. The van der Waals surface area contributed by atoms with E-state index in [9.17, 15) is 9.59 Å². The van der Waals surface area contributed by atoms with Gasteiger partial charge in [-0.2, -0.15) is 0 Å². The van der Waals surface area contributed by atoms with Gasteiger partial charge in [0.2, 0.25) is 11.7 Å². The number of nitrogens with zero attached hydrogens (tertiary/aromatic N) is 4. The highest BCUT2D eigenvalue weighted by Crippen LogP contribution is 2.27. The fraction of sp³-hybridized carbons (Fsp3) is 0.211. The number of amides is 2. The van der Waals surface area contributed by atoms with Gasteiger partial charge in [0.25, 0.3) is 11.8 Å². The fourth-order valence-corrected chi connectivity index (χ4v) is 2.93. The number of hydrogen-bond donors (Lipinski definition) is 2. The smallest absolute Gasteiger partial charge is 0.291 e. The van der Waals surface area contributed by atoms with Crippen molar-refractivity contribution in [2.24, 2.45) is 0 Å². The number of carbonyl (C=O) groups is 2. The molecule has 3 heterocycles. The van der Waals surface area contributed by atoms with Gasteiger partial charge in [-0.3, -0.25) is 14.7 Å². The lowest BCUT2D eigenvalue weighted by molar-refractivity contribution is -0.120. The third-order valence-corrected chi connectivity index (χ3v) is 4.38. The molecule has 2 amide bonds. The SMILES string of the molecule is CN1C(=O)[C@@H](NC(=O)c2n[nH]c(Cc3ccccc3)n2)COc2ncccc21. The first-order valence-corrected chi connectivity index (χ1v) is 8.73. The summed E-state index contributed by atoms with van der Waals surface area (Å²) in [5, 5.41) is 9.36. The lowest BCUT2D eigenvalue weighted by Gasteiger charge is -2.19. The van der Waals surface area contributed by atoms with E-state index in [1.54, 1.807) is 25.4 Å². The number of likely N-dealkylation sites (N-methyl/N-ethyl adjacent to an activating group) is 1. The second kappa shape index (κ2) is 7.47. The third kappa shape index (κ3) is 3.54. The van der Waals surface area contributed by atoms with Crippen molar-refractivity contribution in [3.63, 3.8) is 0 Å². The summed E-state index contributed by atoms with van der Waals surface area (Å²) in [6.07, 6.45) is 2.11. The molecule has 9 nitrogen and oxygen atoms in total. The molecule has 0 unspecified atom stereocenters. The van der Waals surface area contributed by atoms with Gasteiger partial charge in [0.15, 0.2) is 0 Å². The number of nitrogens with one attached hydrogen (secondary N) is 2. The lowest BCUT2D eigenvalue weighted by Crippen LogP contribution is -2.49. The predicted molar refractivity (Wildman–Crippen MR) is 100 cm³/mol. The maximum atomic E-state index is 12.7. The molecule has 1 aliphatic rings. The molecule has 1 atom stereocenters. The molecule has 0 bridgehead atoms. The van der Waals surface area contributed by atoms with Gasteiger partial charge in [0.1, 0.15) is 24.2 Å². The van der Waals surface area contributed by atoms with Gasteiger partial charge in [-0.1, -0.05) is 30.3 Å². The van der Waals surface area contributed by atoms with Crippen LogP contribution in [0.2, 0.25) is 0 Å². The minimum Gasteiger partial charge on any atom is -0.473 e. The highest BCUT2D eigenvalue weighted by atomic mass is 16.5. The standard InChI is InChI=1S/C19H18N6O3/c1-25-14-8-5-9-20-18(14)28-11-13(19(25)27)21-17(26)16-22-15(23-24-16)10-12-6-3-2-4-7-12/h2-9,13H,10-11H2,1H3,(H,21,26)(H,22,23,24)/t13-/m0/s1. The Bertz CT molecular complexity index is 1000. The summed E-state index contributed by atoms with van der Waals surface area (Å²) in [6, 6.07) is 12.3. The maximum absolute atomic E-state index is 12.7. The van der Waals surface area contributed by atoms with Crippen molar-refractivity contribution < 1.29 is 14.3 Å². The maximum Gasteiger partial charge on any atom is 0.291 e. The molecule has 0 fully saturated rings. The van der Waals surface area contributed by atoms with Gasteiger partial charge in [-0.15, -0.1) is 5.10 Å². The van der Waals surface area contributed by atoms with E-state index in [1.807, 2.05) is 30.3 Å². The average molecular weight is 378 g/mol. The topological polar surface area (TPSA) is 113 Å². The van der Waals surface area contributed by atoms with Crippen LogP contribution in [0.25, 0.3) is 0 Å². The molecule has 2 N–H and O–H groups in total. The van der Waals surface area contributed by atoms with Gasteiger partial charge >= 0.3 is 0 Å². The molecule has 3 aromatic rings. The van der Waals surface area contributed by atoms with E-state index in [0.29, 0.717) is 23.8 Å². The fourth-order valence-electron chi connectivity index (χ4n) is 2.93. The number of benzene rings is 1. The second-order valence-corrected chi connectivity index (χ2v) is 6.33. The third-order valence-electron chi connectivity index (χ3n) is 4.38. The molecule has 0 radical (unpaired) electrons. The summed E-state index contributed by atoms with van der Waals surface area (Å²) in [4.78, 5) is 35.0. The monoisotopic (exact) mass is 378 g/mol. The summed E-state index contributed by atoms with van der Waals surface area (Å²) in [7, 11) is 1.61. The van der Waals surface area contributed by atoms with Gasteiger partial charge in [0.05, 0.1) is 0 Å². The van der Waals surface area contributed by atoms with Crippen molar-refractivity contribution in [1.29, 1.82) is 0 Å². The molecule has 4 rings (SSSR count). The van der Waals surface area contributed by atoms with E-state index in [-0.39, 0.29) is 18.3 Å². The molecule has 2 aromatic heterocycles. The normalized spacial score (nSPS) is 16.1. The van der Waals surface area contributed by atoms with Crippen LogP contribution in [0.3, 0.4) is 0 Å².